The number of carbonyl (C=O) groups excluding carboxylic acids is 1. The summed E-state index contributed by atoms with van der Waals surface area (Å²) in [6.45, 7) is 5.19. The van der Waals surface area contributed by atoms with Crippen LogP contribution in [-0.2, 0) is 6.54 Å². The quantitative estimate of drug-likeness (QED) is 0.372. The van der Waals surface area contributed by atoms with Crippen molar-refractivity contribution >= 4 is 29.2 Å². The van der Waals surface area contributed by atoms with Gasteiger partial charge in [-0.3, -0.25) is 9.69 Å². The molecule has 0 bridgehead atoms. The Morgan fingerprint density at radius 3 is 2.03 bits per heavy atom. The van der Waals surface area contributed by atoms with Gasteiger partial charge in [0.1, 0.15) is 11.6 Å². The van der Waals surface area contributed by atoms with Crippen LogP contribution in [0.25, 0.3) is 11.0 Å². The number of amides is 1. The second-order valence-corrected chi connectivity index (χ2v) is 9.13. The number of aromatic amines is 1. The first-order valence-electron chi connectivity index (χ1n) is 11.7. The second kappa shape index (κ2) is 9.71. The number of fused-ring (bicyclic) bond motifs is 1. The van der Waals surface area contributed by atoms with E-state index in [1.54, 1.807) is 24.3 Å². The van der Waals surface area contributed by atoms with Gasteiger partial charge in [0.05, 0.1) is 17.1 Å². The van der Waals surface area contributed by atoms with E-state index in [2.05, 4.69) is 9.88 Å². The van der Waals surface area contributed by atoms with Gasteiger partial charge in [-0.2, -0.15) is 0 Å². The van der Waals surface area contributed by atoms with Crippen LogP contribution in [0.1, 0.15) is 34.5 Å². The highest BCUT2D eigenvalue weighted by Gasteiger charge is 2.29. The number of nitrogens with zero attached hydrogens (tertiary/aromatic N) is 3. The smallest absolute Gasteiger partial charge is 0.254 e. The van der Waals surface area contributed by atoms with Crippen LogP contribution in [0.4, 0.5) is 8.78 Å². The Kier molecular flexibility index (Phi) is 6.49. The van der Waals surface area contributed by atoms with E-state index in [-0.39, 0.29) is 23.6 Å². The average molecular weight is 493 g/mol. The Morgan fingerprint density at radius 2 is 1.49 bits per heavy atom. The Hall–Kier alpha value is -3.36. The molecular formula is C27H26F2N4OS. The van der Waals surface area contributed by atoms with E-state index >= 15 is 0 Å². The standard InChI is InChI=1S/C27H26F2N4OS/c1-2-33-24-12-7-20(17-23(24)30-27(33)35)26(34)32-15-13-31(14-16-32)25(18-3-8-21(28)9-4-18)19-5-10-22(29)11-6-19/h3-12,17,25H,2,13-16H2,1H3,(H,30,35). The van der Waals surface area contributed by atoms with Crippen molar-refractivity contribution in [2.45, 2.75) is 19.5 Å². The number of halogens is 2. The summed E-state index contributed by atoms with van der Waals surface area (Å²) in [5.74, 6) is -0.613. The molecule has 0 aliphatic carbocycles. The van der Waals surface area contributed by atoms with Gasteiger partial charge in [-0.25, -0.2) is 8.78 Å². The predicted molar refractivity (Wildman–Crippen MR) is 135 cm³/mol. The zero-order valence-electron chi connectivity index (χ0n) is 19.4. The molecule has 5 rings (SSSR count). The van der Waals surface area contributed by atoms with E-state index in [1.807, 2.05) is 34.6 Å². The molecule has 35 heavy (non-hydrogen) atoms. The maximum absolute atomic E-state index is 13.6. The highest BCUT2D eigenvalue weighted by Crippen LogP contribution is 2.30. The van der Waals surface area contributed by atoms with E-state index in [1.165, 1.54) is 24.3 Å². The topological polar surface area (TPSA) is 44.3 Å². The summed E-state index contributed by atoms with van der Waals surface area (Å²) in [6.07, 6.45) is 0. The van der Waals surface area contributed by atoms with Crippen molar-refractivity contribution in [1.29, 1.82) is 0 Å². The summed E-state index contributed by atoms with van der Waals surface area (Å²) >= 11 is 5.38. The molecule has 1 fully saturated rings. The molecule has 1 aliphatic rings. The minimum Gasteiger partial charge on any atom is -0.336 e. The molecule has 0 spiro atoms. The normalized spacial score (nSPS) is 14.7. The Bertz CT molecular complexity index is 1360. The first-order valence-corrected chi connectivity index (χ1v) is 12.1. The molecular weight excluding hydrogens is 466 g/mol. The fourth-order valence-corrected chi connectivity index (χ4v) is 5.22. The lowest BCUT2D eigenvalue weighted by molar-refractivity contribution is 0.0597. The van der Waals surface area contributed by atoms with Gasteiger partial charge in [-0.1, -0.05) is 24.3 Å². The van der Waals surface area contributed by atoms with Crippen molar-refractivity contribution in [2.24, 2.45) is 0 Å². The van der Waals surface area contributed by atoms with Crippen LogP contribution < -0.4 is 0 Å². The summed E-state index contributed by atoms with van der Waals surface area (Å²) in [4.78, 5) is 20.6. The van der Waals surface area contributed by atoms with Crippen molar-refractivity contribution in [3.8, 4) is 0 Å². The lowest BCUT2D eigenvalue weighted by Gasteiger charge is -2.39. The van der Waals surface area contributed by atoms with Crippen LogP contribution in [0.2, 0.25) is 0 Å². The third-order valence-electron chi connectivity index (χ3n) is 6.68. The Morgan fingerprint density at radius 1 is 0.914 bits per heavy atom. The highest BCUT2D eigenvalue weighted by atomic mass is 32.1. The number of hydrogen-bond donors (Lipinski definition) is 1. The van der Waals surface area contributed by atoms with Crippen molar-refractivity contribution in [1.82, 2.24) is 19.4 Å². The van der Waals surface area contributed by atoms with Gasteiger partial charge in [0.15, 0.2) is 4.77 Å². The van der Waals surface area contributed by atoms with Crippen LogP contribution in [-0.4, -0.2) is 51.4 Å². The number of aromatic nitrogens is 2. The molecule has 1 aromatic heterocycles. The second-order valence-electron chi connectivity index (χ2n) is 8.74. The maximum Gasteiger partial charge on any atom is 0.254 e. The van der Waals surface area contributed by atoms with Crippen LogP contribution >= 0.6 is 12.2 Å². The number of H-pyrrole nitrogens is 1. The Balaban J connectivity index is 1.35. The number of nitrogens with one attached hydrogen (secondary N) is 1. The lowest BCUT2D eigenvalue weighted by Crippen LogP contribution is -2.49. The molecule has 0 atom stereocenters. The summed E-state index contributed by atoms with van der Waals surface area (Å²) in [5, 5.41) is 0. The number of piperazine rings is 1. The third-order valence-corrected chi connectivity index (χ3v) is 7.00. The van der Waals surface area contributed by atoms with Crippen molar-refractivity contribution in [2.75, 3.05) is 26.2 Å². The van der Waals surface area contributed by atoms with Crippen LogP contribution in [0.5, 0.6) is 0 Å². The fourth-order valence-electron chi connectivity index (χ4n) is 4.88. The SMILES string of the molecule is CCn1c(=S)[nH]c2cc(C(=O)N3CCN(C(c4ccc(F)cc4)c4ccc(F)cc4)CC3)ccc21. The number of carbonyl (C=O) groups is 1. The summed E-state index contributed by atoms with van der Waals surface area (Å²) < 4.78 is 29.8. The third kappa shape index (κ3) is 4.63. The minimum absolute atomic E-state index is 0.0183. The van der Waals surface area contributed by atoms with Gasteiger partial charge in [-0.05, 0) is 72.7 Å². The molecule has 0 unspecified atom stereocenters. The molecule has 180 valence electrons. The molecule has 3 aromatic carbocycles. The van der Waals surface area contributed by atoms with Gasteiger partial charge in [0.25, 0.3) is 5.91 Å². The van der Waals surface area contributed by atoms with Gasteiger partial charge >= 0.3 is 0 Å². The largest absolute Gasteiger partial charge is 0.336 e. The highest BCUT2D eigenvalue weighted by molar-refractivity contribution is 7.71. The van der Waals surface area contributed by atoms with E-state index in [0.29, 0.717) is 36.5 Å². The van der Waals surface area contributed by atoms with Gasteiger partial charge in [0, 0.05) is 38.3 Å². The maximum atomic E-state index is 13.6. The molecule has 0 saturated carbocycles. The number of rotatable bonds is 5. The van der Waals surface area contributed by atoms with Crippen molar-refractivity contribution < 1.29 is 13.6 Å². The Labute approximate surface area is 207 Å². The van der Waals surface area contributed by atoms with E-state index in [4.69, 9.17) is 12.2 Å². The average Bonchev–Trinajstić information content (AvgIpc) is 3.20. The van der Waals surface area contributed by atoms with Crippen molar-refractivity contribution in [3.63, 3.8) is 0 Å². The number of aryl methyl sites for hydroxylation is 1. The van der Waals surface area contributed by atoms with E-state index in [9.17, 15) is 13.6 Å². The van der Waals surface area contributed by atoms with Gasteiger partial charge in [0.2, 0.25) is 0 Å². The first kappa shape index (κ1) is 23.4. The fraction of sp³-hybridized carbons (Fsp3) is 0.259. The molecule has 1 N–H and O–H groups in total. The number of imidazole rings is 1. The van der Waals surface area contributed by atoms with Gasteiger partial charge in [-0.15, -0.1) is 0 Å². The zero-order valence-corrected chi connectivity index (χ0v) is 20.2. The zero-order chi connectivity index (χ0) is 24.5. The van der Waals surface area contributed by atoms with Crippen LogP contribution in [0.3, 0.4) is 0 Å². The monoisotopic (exact) mass is 492 g/mol. The number of benzene rings is 3. The summed E-state index contributed by atoms with van der Waals surface area (Å²) in [5.41, 5.74) is 4.33. The van der Waals surface area contributed by atoms with Crippen molar-refractivity contribution in [3.05, 3.63) is 99.8 Å². The molecule has 1 amide bonds. The molecule has 4 aromatic rings. The van der Waals surface area contributed by atoms with Gasteiger partial charge < -0.3 is 14.5 Å². The molecule has 2 heterocycles. The summed E-state index contributed by atoms with van der Waals surface area (Å²) in [7, 11) is 0. The first-order chi connectivity index (χ1) is 16.9. The van der Waals surface area contributed by atoms with Crippen LogP contribution in [0, 0.1) is 16.4 Å². The molecule has 0 radical (unpaired) electrons. The lowest BCUT2D eigenvalue weighted by atomic mass is 9.96. The van der Waals surface area contributed by atoms with E-state index in [0.717, 1.165) is 28.7 Å². The number of hydrogen-bond acceptors (Lipinski definition) is 3. The molecule has 1 aliphatic heterocycles. The molecule has 8 heteroatoms. The summed E-state index contributed by atoms with van der Waals surface area (Å²) in [6, 6.07) is 18.3. The van der Waals surface area contributed by atoms with E-state index < -0.39 is 0 Å². The molecule has 1 saturated heterocycles. The van der Waals surface area contributed by atoms with Crippen LogP contribution in [0.15, 0.2) is 66.7 Å². The predicted octanol–water partition coefficient (Wildman–Crippen LogP) is 5.54. The molecule has 5 nitrogen and oxygen atoms in total. The minimum atomic E-state index is -0.298.